The predicted octanol–water partition coefficient (Wildman–Crippen LogP) is 6.01. The molecule has 0 aliphatic rings. The third kappa shape index (κ3) is 4.86. The molecule has 0 saturated carbocycles. The second kappa shape index (κ2) is 8.93. The Kier molecular flexibility index (Phi) is 6.06. The first-order chi connectivity index (χ1) is 15.3. The van der Waals surface area contributed by atoms with Crippen LogP contribution < -0.4 is 4.74 Å². The Bertz CT molecular complexity index is 1410. The fourth-order valence-electron chi connectivity index (χ4n) is 3.44. The minimum Gasteiger partial charge on any atom is -0.489 e. The quantitative estimate of drug-likeness (QED) is 0.363. The van der Waals surface area contributed by atoms with Crippen molar-refractivity contribution < 1.29 is 17.5 Å². The molecule has 0 spiro atoms. The van der Waals surface area contributed by atoms with Crippen LogP contribution in [-0.4, -0.2) is 13.4 Å². The van der Waals surface area contributed by atoms with Crippen LogP contribution in [0.4, 0.5) is 4.39 Å². The highest BCUT2D eigenvalue weighted by Gasteiger charge is 2.11. The van der Waals surface area contributed by atoms with Crippen molar-refractivity contribution in [3.63, 3.8) is 0 Å². The Hall–Kier alpha value is -3.51. The van der Waals surface area contributed by atoms with Crippen molar-refractivity contribution in [1.29, 1.82) is 0 Å². The van der Waals surface area contributed by atoms with Gasteiger partial charge in [-0.2, -0.15) is 0 Å². The third-order valence-electron chi connectivity index (χ3n) is 5.15. The molecular formula is C26H22FNO3S. The average Bonchev–Trinajstić information content (AvgIpc) is 2.77. The van der Waals surface area contributed by atoms with Crippen molar-refractivity contribution in [1.82, 2.24) is 4.98 Å². The van der Waals surface area contributed by atoms with E-state index in [1.807, 2.05) is 44.2 Å². The van der Waals surface area contributed by atoms with Gasteiger partial charge in [-0.1, -0.05) is 24.3 Å². The van der Waals surface area contributed by atoms with E-state index in [-0.39, 0.29) is 17.3 Å². The van der Waals surface area contributed by atoms with Crippen LogP contribution in [0.2, 0.25) is 0 Å². The largest absolute Gasteiger partial charge is 0.489 e. The topological polar surface area (TPSA) is 56.3 Å². The van der Waals surface area contributed by atoms with Gasteiger partial charge in [-0.25, -0.2) is 12.8 Å². The Morgan fingerprint density at radius 2 is 1.72 bits per heavy atom. The van der Waals surface area contributed by atoms with Gasteiger partial charge in [0.2, 0.25) is 0 Å². The van der Waals surface area contributed by atoms with Gasteiger partial charge in [0.1, 0.15) is 18.2 Å². The Morgan fingerprint density at radius 1 is 0.969 bits per heavy atom. The summed E-state index contributed by atoms with van der Waals surface area (Å²) in [7, 11) is -3.58. The van der Waals surface area contributed by atoms with Crippen molar-refractivity contribution in [2.75, 3.05) is 0 Å². The molecule has 0 fully saturated rings. The Balaban J connectivity index is 1.51. The van der Waals surface area contributed by atoms with Crippen molar-refractivity contribution in [3.8, 4) is 5.75 Å². The fourth-order valence-corrected chi connectivity index (χ4v) is 4.43. The van der Waals surface area contributed by atoms with Crippen LogP contribution in [0.25, 0.3) is 17.0 Å². The predicted molar refractivity (Wildman–Crippen MR) is 125 cm³/mol. The van der Waals surface area contributed by atoms with Gasteiger partial charge in [0, 0.05) is 22.1 Å². The summed E-state index contributed by atoms with van der Waals surface area (Å²) in [4.78, 5) is 4.60. The smallest absolute Gasteiger partial charge is 0.199 e. The summed E-state index contributed by atoms with van der Waals surface area (Å²) in [6, 6.07) is 20.2. The van der Waals surface area contributed by atoms with E-state index in [4.69, 9.17) is 4.74 Å². The van der Waals surface area contributed by atoms with Gasteiger partial charge in [-0.05, 0) is 79.6 Å². The van der Waals surface area contributed by atoms with E-state index in [1.54, 1.807) is 24.3 Å². The van der Waals surface area contributed by atoms with E-state index in [0.717, 1.165) is 22.4 Å². The number of aryl methyl sites for hydroxylation is 2. The highest BCUT2D eigenvalue weighted by Crippen LogP contribution is 2.23. The molecule has 0 unspecified atom stereocenters. The maximum atomic E-state index is 13.7. The average molecular weight is 448 g/mol. The van der Waals surface area contributed by atoms with E-state index in [2.05, 4.69) is 4.98 Å². The molecule has 0 aliphatic heterocycles. The molecule has 162 valence electrons. The third-order valence-corrected chi connectivity index (χ3v) is 6.57. The number of hydrogen-bond donors (Lipinski definition) is 0. The van der Waals surface area contributed by atoms with Crippen LogP contribution in [0.15, 0.2) is 83.1 Å². The summed E-state index contributed by atoms with van der Waals surface area (Å²) in [5, 5.41) is 1.90. The Morgan fingerprint density at radius 3 is 2.47 bits per heavy atom. The Labute approximate surface area is 186 Å². The van der Waals surface area contributed by atoms with E-state index < -0.39 is 9.84 Å². The molecule has 4 rings (SSSR count). The molecule has 1 aromatic heterocycles. The fraction of sp³-hybridized carbons (Fsp3) is 0.115. The second-order valence-corrected chi connectivity index (χ2v) is 9.38. The minimum absolute atomic E-state index is 0.182. The summed E-state index contributed by atoms with van der Waals surface area (Å²) in [6.07, 6.45) is 1.60. The number of ether oxygens (including phenoxy) is 1. The normalized spacial score (nSPS) is 11.8. The van der Waals surface area contributed by atoms with Gasteiger partial charge < -0.3 is 4.74 Å². The van der Waals surface area contributed by atoms with Gasteiger partial charge in [-0.15, -0.1) is 0 Å². The van der Waals surface area contributed by atoms with Crippen LogP contribution >= 0.6 is 0 Å². The van der Waals surface area contributed by atoms with Crippen molar-refractivity contribution in [3.05, 3.63) is 106 Å². The lowest BCUT2D eigenvalue weighted by Crippen LogP contribution is -2.00. The molecule has 4 aromatic rings. The van der Waals surface area contributed by atoms with Gasteiger partial charge in [-0.3, -0.25) is 4.98 Å². The number of hydrogen-bond acceptors (Lipinski definition) is 4. The number of aromatic nitrogens is 1. The molecule has 4 nitrogen and oxygen atoms in total. The number of fused-ring (bicyclic) bond motifs is 1. The molecule has 0 radical (unpaired) electrons. The van der Waals surface area contributed by atoms with E-state index in [0.29, 0.717) is 16.7 Å². The van der Waals surface area contributed by atoms with Gasteiger partial charge in [0.15, 0.2) is 9.84 Å². The van der Waals surface area contributed by atoms with E-state index in [1.165, 1.54) is 29.7 Å². The zero-order valence-electron chi connectivity index (χ0n) is 17.7. The van der Waals surface area contributed by atoms with Gasteiger partial charge >= 0.3 is 0 Å². The molecule has 0 saturated heterocycles. The summed E-state index contributed by atoms with van der Waals surface area (Å²) in [5.41, 5.74) is 4.18. The van der Waals surface area contributed by atoms with Crippen LogP contribution in [0.3, 0.4) is 0 Å². The zero-order valence-corrected chi connectivity index (χ0v) is 18.6. The standard InChI is InChI=1S/C26H22FNO3S/c1-18-5-3-4-6-20(18)13-14-32(29,30)24-10-8-23(9-11-24)31-17-21-15-19(2)28-26-12-7-22(27)16-25(21)26/h3-16H,17H2,1-2H3/b14-13+. The van der Waals surface area contributed by atoms with Crippen molar-refractivity contribution in [2.24, 2.45) is 0 Å². The van der Waals surface area contributed by atoms with Gasteiger partial charge in [0.05, 0.1) is 10.4 Å². The van der Waals surface area contributed by atoms with Crippen LogP contribution in [0.5, 0.6) is 5.75 Å². The monoisotopic (exact) mass is 447 g/mol. The van der Waals surface area contributed by atoms with Crippen molar-refractivity contribution in [2.45, 2.75) is 25.3 Å². The lowest BCUT2D eigenvalue weighted by Gasteiger charge is -2.11. The van der Waals surface area contributed by atoms with Crippen LogP contribution in [-0.2, 0) is 16.4 Å². The lowest BCUT2D eigenvalue weighted by atomic mass is 10.1. The van der Waals surface area contributed by atoms with Gasteiger partial charge in [0.25, 0.3) is 0 Å². The summed E-state index contributed by atoms with van der Waals surface area (Å²) in [5.74, 6) is 0.184. The molecule has 0 N–H and O–H groups in total. The highest BCUT2D eigenvalue weighted by molar-refractivity contribution is 7.94. The van der Waals surface area contributed by atoms with E-state index >= 15 is 0 Å². The second-order valence-electron chi connectivity index (χ2n) is 7.55. The van der Waals surface area contributed by atoms with E-state index in [9.17, 15) is 12.8 Å². The number of pyridine rings is 1. The molecule has 0 atom stereocenters. The van der Waals surface area contributed by atoms with Crippen LogP contribution in [0, 0.1) is 19.7 Å². The molecule has 32 heavy (non-hydrogen) atoms. The van der Waals surface area contributed by atoms with Crippen molar-refractivity contribution >= 4 is 26.8 Å². The molecule has 0 amide bonds. The maximum Gasteiger partial charge on any atom is 0.199 e. The molecular weight excluding hydrogens is 425 g/mol. The summed E-state index contributed by atoms with van der Waals surface area (Å²) >= 11 is 0. The number of rotatable bonds is 6. The lowest BCUT2D eigenvalue weighted by molar-refractivity contribution is 0.307. The summed E-state index contributed by atoms with van der Waals surface area (Å²) in [6.45, 7) is 4.01. The molecule has 3 aromatic carbocycles. The molecule has 0 bridgehead atoms. The first kappa shape index (κ1) is 21.7. The summed E-state index contributed by atoms with van der Waals surface area (Å²) < 4.78 is 44.8. The number of nitrogens with zero attached hydrogens (tertiary/aromatic N) is 1. The first-order valence-electron chi connectivity index (χ1n) is 10.1. The number of sulfone groups is 1. The highest BCUT2D eigenvalue weighted by atomic mass is 32.2. The maximum absolute atomic E-state index is 13.7. The zero-order chi connectivity index (χ0) is 22.7. The molecule has 6 heteroatoms. The minimum atomic E-state index is -3.58. The molecule has 0 aliphatic carbocycles. The number of halogens is 1. The number of benzene rings is 3. The molecule has 1 heterocycles. The first-order valence-corrected chi connectivity index (χ1v) is 11.6. The SMILES string of the molecule is Cc1cc(COc2ccc(S(=O)(=O)/C=C/c3ccccc3C)cc2)c2cc(F)ccc2n1. The van der Waals surface area contributed by atoms with Crippen LogP contribution in [0.1, 0.15) is 22.4 Å².